The molecular weight excluding hydrogens is 497 g/mol. The van der Waals surface area contributed by atoms with Crippen molar-refractivity contribution >= 4 is 34.4 Å². The number of rotatable bonds is 8. The molecule has 10 heteroatoms. The summed E-state index contributed by atoms with van der Waals surface area (Å²) < 4.78 is 22.6. The van der Waals surface area contributed by atoms with Crippen LogP contribution in [0.1, 0.15) is 6.42 Å². The monoisotopic (exact) mass is 523 g/mol. The lowest BCUT2D eigenvalue weighted by atomic mass is 10.1. The number of benzene rings is 2. The molecule has 0 atom stereocenters. The van der Waals surface area contributed by atoms with Crippen molar-refractivity contribution in [1.29, 1.82) is 0 Å². The van der Waals surface area contributed by atoms with Gasteiger partial charge in [-0.3, -0.25) is 14.7 Å². The largest absolute Gasteiger partial charge is 0.457 e. The Morgan fingerprint density at radius 2 is 1.79 bits per heavy atom. The van der Waals surface area contributed by atoms with E-state index in [4.69, 9.17) is 4.74 Å². The molecular formula is C29H26FN7O2. The van der Waals surface area contributed by atoms with Gasteiger partial charge in [0, 0.05) is 37.8 Å². The average Bonchev–Trinajstić information content (AvgIpc) is 3.22. The van der Waals surface area contributed by atoms with Gasteiger partial charge in [-0.1, -0.05) is 6.07 Å². The average molecular weight is 524 g/mol. The first-order chi connectivity index (χ1) is 19.0. The third kappa shape index (κ3) is 5.41. The van der Waals surface area contributed by atoms with E-state index >= 15 is 0 Å². The molecule has 1 saturated heterocycles. The standard InChI is InChI=1S/C29H26FN7O2/c1-36-26-6-4-21(39-22-9-12-32-27(17-22)35-28(38)18-37-13-2-14-37)16-25(26)34-29(36)33-24-15-20(3-5-23(24)30)19-7-10-31-11-8-19/h3-12,15-17H,2,13-14,18H2,1H3,(H,33,34)(H,32,35,38). The number of halogens is 1. The van der Waals surface area contributed by atoms with Crippen LogP contribution in [0.15, 0.2) is 79.3 Å². The minimum Gasteiger partial charge on any atom is -0.457 e. The summed E-state index contributed by atoms with van der Waals surface area (Å²) in [5, 5.41) is 5.95. The molecule has 4 heterocycles. The zero-order valence-corrected chi connectivity index (χ0v) is 21.3. The molecule has 0 radical (unpaired) electrons. The minimum atomic E-state index is -0.380. The van der Waals surface area contributed by atoms with Gasteiger partial charge in [0.1, 0.15) is 23.1 Å². The van der Waals surface area contributed by atoms with Crippen LogP contribution in [0.5, 0.6) is 11.5 Å². The first-order valence-corrected chi connectivity index (χ1v) is 12.6. The molecule has 1 amide bonds. The minimum absolute atomic E-state index is 0.1000. The fourth-order valence-electron chi connectivity index (χ4n) is 4.42. The third-order valence-electron chi connectivity index (χ3n) is 6.63. The Labute approximate surface area is 224 Å². The van der Waals surface area contributed by atoms with Crippen LogP contribution in [0.4, 0.5) is 21.8 Å². The lowest BCUT2D eigenvalue weighted by molar-refractivity contribution is -0.118. The Kier molecular flexibility index (Phi) is 6.60. The van der Waals surface area contributed by atoms with Gasteiger partial charge in [0.25, 0.3) is 0 Å². The van der Waals surface area contributed by atoms with E-state index in [2.05, 4.69) is 30.5 Å². The SMILES string of the molecule is Cn1c(Nc2cc(-c3ccncc3)ccc2F)nc2cc(Oc3ccnc(NC(=O)CN4CCC4)c3)ccc21. The van der Waals surface area contributed by atoms with Gasteiger partial charge in [-0.2, -0.15) is 0 Å². The van der Waals surface area contributed by atoms with Crippen molar-refractivity contribution in [2.45, 2.75) is 6.42 Å². The van der Waals surface area contributed by atoms with Crippen molar-refractivity contribution < 1.29 is 13.9 Å². The molecule has 9 nitrogen and oxygen atoms in total. The number of amides is 1. The van der Waals surface area contributed by atoms with Crippen molar-refractivity contribution in [3.05, 3.63) is 85.1 Å². The van der Waals surface area contributed by atoms with Gasteiger partial charge in [0.2, 0.25) is 11.9 Å². The summed E-state index contributed by atoms with van der Waals surface area (Å²) in [6.07, 6.45) is 6.12. The quantitative estimate of drug-likeness (QED) is 0.283. The van der Waals surface area contributed by atoms with Gasteiger partial charge < -0.3 is 19.9 Å². The number of anilines is 3. The van der Waals surface area contributed by atoms with Crippen LogP contribution in [-0.2, 0) is 11.8 Å². The number of carbonyl (C=O) groups excluding carboxylic acids is 1. The number of hydrogen-bond acceptors (Lipinski definition) is 7. The maximum absolute atomic E-state index is 14.7. The molecule has 0 saturated carbocycles. The predicted octanol–water partition coefficient (Wildman–Crippen LogP) is 5.35. The highest BCUT2D eigenvalue weighted by molar-refractivity contribution is 5.91. The molecule has 5 aromatic rings. The van der Waals surface area contributed by atoms with Crippen molar-refractivity contribution in [2.75, 3.05) is 30.3 Å². The van der Waals surface area contributed by atoms with Gasteiger partial charge >= 0.3 is 0 Å². The number of aryl methyl sites for hydroxylation is 1. The summed E-state index contributed by atoms with van der Waals surface area (Å²) in [5.74, 6) is 1.55. The highest BCUT2D eigenvalue weighted by Crippen LogP contribution is 2.31. The Morgan fingerprint density at radius 3 is 2.59 bits per heavy atom. The third-order valence-corrected chi connectivity index (χ3v) is 6.63. The fourth-order valence-corrected chi connectivity index (χ4v) is 4.42. The Balaban J connectivity index is 1.19. The predicted molar refractivity (Wildman–Crippen MR) is 148 cm³/mol. The number of fused-ring (bicyclic) bond motifs is 1. The maximum Gasteiger partial charge on any atom is 0.239 e. The van der Waals surface area contributed by atoms with E-state index in [-0.39, 0.29) is 11.7 Å². The summed E-state index contributed by atoms with van der Waals surface area (Å²) in [4.78, 5) is 27.2. The highest BCUT2D eigenvalue weighted by atomic mass is 19.1. The number of imidazole rings is 1. The zero-order chi connectivity index (χ0) is 26.8. The first-order valence-electron chi connectivity index (χ1n) is 12.6. The molecule has 0 unspecified atom stereocenters. The van der Waals surface area contributed by atoms with Gasteiger partial charge in [-0.15, -0.1) is 0 Å². The van der Waals surface area contributed by atoms with Crippen LogP contribution in [0.2, 0.25) is 0 Å². The normalized spacial score (nSPS) is 13.2. The fraction of sp³-hybridized carbons (Fsp3) is 0.172. The summed E-state index contributed by atoms with van der Waals surface area (Å²) in [5.41, 5.74) is 3.66. The number of nitrogens with zero attached hydrogens (tertiary/aromatic N) is 5. The second-order valence-corrected chi connectivity index (χ2v) is 9.36. The Hall–Kier alpha value is -4.83. The van der Waals surface area contributed by atoms with E-state index in [1.54, 1.807) is 42.9 Å². The van der Waals surface area contributed by atoms with E-state index in [0.29, 0.717) is 41.0 Å². The molecule has 3 aromatic heterocycles. The molecule has 2 aromatic carbocycles. The molecule has 196 valence electrons. The molecule has 39 heavy (non-hydrogen) atoms. The number of ether oxygens (including phenoxy) is 1. The lowest BCUT2D eigenvalue weighted by Crippen LogP contribution is -2.42. The van der Waals surface area contributed by atoms with Crippen LogP contribution in [0.3, 0.4) is 0 Å². The number of nitrogens with one attached hydrogen (secondary N) is 2. The van der Waals surface area contributed by atoms with Crippen molar-refractivity contribution in [3.8, 4) is 22.6 Å². The van der Waals surface area contributed by atoms with Crippen LogP contribution in [0.25, 0.3) is 22.2 Å². The zero-order valence-electron chi connectivity index (χ0n) is 21.3. The molecule has 0 spiro atoms. The Bertz CT molecular complexity index is 1650. The van der Waals surface area contributed by atoms with E-state index in [1.165, 1.54) is 6.07 Å². The number of hydrogen-bond donors (Lipinski definition) is 2. The lowest BCUT2D eigenvalue weighted by Gasteiger charge is -2.29. The highest BCUT2D eigenvalue weighted by Gasteiger charge is 2.17. The summed E-state index contributed by atoms with van der Waals surface area (Å²) >= 11 is 0. The second kappa shape index (κ2) is 10.5. The molecule has 1 fully saturated rings. The number of pyridine rings is 2. The molecule has 0 bridgehead atoms. The van der Waals surface area contributed by atoms with Crippen LogP contribution >= 0.6 is 0 Å². The summed E-state index contributed by atoms with van der Waals surface area (Å²) in [6, 6.07) is 17.6. The molecule has 1 aliphatic rings. The van der Waals surface area contributed by atoms with Crippen LogP contribution < -0.4 is 15.4 Å². The molecule has 2 N–H and O–H groups in total. The van der Waals surface area contributed by atoms with E-state index in [0.717, 1.165) is 36.2 Å². The number of likely N-dealkylation sites (tertiary alicyclic amines) is 1. The summed E-state index contributed by atoms with van der Waals surface area (Å²) in [6.45, 7) is 2.26. The second-order valence-electron chi connectivity index (χ2n) is 9.36. The smallest absolute Gasteiger partial charge is 0.239 e. The molecule has 0 aliphatic carbocycles. The molecule has 6 rings (SSSR count). The molecule has 1 aliphatic heterocycles. The Morgan fingerprint density at radius 1 is 0.974 bits per heavy atom. The van der Waals surface area contributed by atoms with Gasteiger partial charge in [-0.05, 0) is 73.1 Å². The van der Waals surface area contributed by atoms with Crippen molar-refractivity contribution in [2.24, 2.45) is 7.05 Å². The number of aromatic nitrogens is 4. The van der Waals surface area contributed by atoms with E-state index in [1.807, 2.05) is 41.9 Å². The van der Waals surface area contributed by atoms with E-state index < -0.39 is 0 Å². The maximum atomic E-state index is 14.7. The van der Waals surface area contributed by atoms with Gasteiger partial charge in [0.15, 0.2) is 0 Å². The van der Waals surface area contributed by atoms with Crippen molar-refractivity contribution in [1.82, 2.24) is 24.4 Å². The van der Waals surface area contributed by atoms with Gasteiger partial charge in [0.05, 0.1) is 23.3 Å². The van der Waals surface area contributed by atoms with Crippen LogP contribution in [0, 0.1) is 5.82 Å². The number of carbonyl (C=O) groups is 1. The van der Waals surface area contributed by atoms with E-state index in [9.17, 15) is 9.18 Å². The topological polar surface area (TPSA) is 97.2 Å². The summed E-state index contributed by atoms with van der Waals surface area (Å²) in [7, 11) is 1.86. The van der Waals surface area contributed by atoms with Crippen LogP contribution in [-0.4, -0.2) is 50.0 Å². The van der Waals surface area contributed by atoms with Crippen molar-refractivity contribution in [3.63, 3.8) is 0 Å². The first kappa shape index (κ1) is 24.5. The van der Waals surface area contributed by atoms with Gasteiger partial charge in [-0.25, -0.2) is 14.4 Å².